The summed E-state index contributed by atoms with van der Waals surface area (Å²) < 4.78 is 109. The molecule has 136 heavy (non-hydrogen) atoms. The Morgan fingerprint density at radius 1 is 0.346 bits per heavy atom. The Morgan fingerprint density at radius 2 is 0.640 bits per heavy atom. The molecule has 3 saturated heterocycles. The van der Waals surface area contributed by atoms with E-state index in [0.29, 0.717) is 108 Å². The zero-order chi connectivity index (χ0) is 103. The maximum Gasteiger partial charge on any atom is 0.397 e. The van der Waals surface area contributed by atoms with Gasteiger partial charge in [0.05, 0.1) is 45.0 Å². The van der Waals surface area contributed by atoms with Crippen molar-refractivity contribution >= 4 is 62.8 Å². The van der Waals surface area contributed by atoms with Crippen LogP contribution in [-0.2, 0) is 76.8 Å². The van der Waals surface area contributed by atoms with Crippen LogP contribution in [0.1, 0.15) is 270 Å². The molecule has 3 aliphatic rings. The number of hydrogen-bond acceptors (Lipinski definition) is 26. The summed E-state index contributed by atoms with van der Waals surface area (Å²) in [6.07, 6.45) is 4.68. The Balaban J connectivity index is 0.000000288. The van der Waals surface area contributed by atoms with E-state index in [1.165, 1.54) is 0 Å². The number of aliphatic hydroxyl groups is 8. The van der Waals surface area contributed by atoms with Gasteiger partial charge in [-0.1, -0.05) is 227 Å². The van der Waals surface area contributed by atoms with Crippen LogP contribution < -0.4 is 14.2 Å². The van der Waals surface area contributed by atoms with Gasteiger partial charge in [0.25, 0.3) is 0 Å². The van der Waals surface area contributed by atoms with Crippen LogP contribution >= 0.6 is 0 Å². The summed E-state index contributed by atoms with van der Waals surface area (Å²) in [5.41, 5.74) is 3.52. The van der Waals surface area contributed by atoms with Gasteiger partial charge in [0.2, 0.25) is 36.6 Å². The number of aliphatic hydroxyl groups excluding tert-OH is 8. The SMILES string of the molecule is CCCCC(=O)N(CCCCCCC(=O)c1ccccc1)CCC(=O)Cc1ccc(OC2OC(CO)C(O)C(O)C2C)cc1.CCCCC(=O)N(CCCCCCC(=O)c1ccccc1)CCC(=O)Cc1ccc(OC2OC(CO)C(OS(=O)(=O)O)C(O)C2C)cc1.[2H]c1c([2H])c([2H])c(C(=O)CCCCCCN(CCC(=O)Cc2ccc(OC3OC(CO)C(O)C(O)C3C)cc2)C(=O)CCCC)c([2H])c1[2H]. The van der Waals surface area contributed by atoms with Gasteiger partial charge in [0, 0.05) is 151 Å². The molecular formula is C105H147N3O27S. The maximum absolute atomic E-state index is 12.9. The lowest BCUT2D eigenvalue weighted by Crippen LogP contribution is -2.57. The normalized spacial score (nSPS) is 21.9. The summed E-state index contributed by atoms with van der Waals surface area (Å²) in [4.78, 5) is 120. The molecule has 15 atom stereocenters. The molecule has 0 saturated carbocycles. The number of benzene rings is 6. The van der Waals surface area contributed by atoms with Gasteiger partial charge in [-0.3, -0.25) is 47.7 Å². The van der Waals surface area contributed by atoms with Gasteiger partial charge in [0.1, 0.15) is 71.2 Å². The standard InChI is InChI=1S/C35H49NO11S.2C35H49NO8/c1-3-4-15-32(40)36(21-11-6-5-10-14-30(39)27-12-8-7-9-13-27)22-20-28(38)23-26-16-18-29(19-17-26)45-35-25(2)33(41)34(31(24-37)46-35)47-48(42,43)44;2*1-3-4-15-32(40)36(21-11-6-5-10-14-30(39)27-12-8-7-9-13-27)22-20-28(38)23-26-16-18-29(19-17-26)43-35-25(2)33(41)34(42)31(24-37)44-35/h7-9,12-13,16-19,25,31,33-35,37,41H,3-6,10-11,14-15,20-24H2,1-2H3,(H,42,43,44);2*7-9,12-13,16-19,25,31,33-35,37,41-42H,3-6,10-11,14-15,20-24H2,1-2H3/i;7D,8D,9D,12D,13D;. The lowest BCUT2D eigenvalue weighted by molar-refractivity contribution is -0.256. The van der Waals surface area contributed by atoms with E-state index < -0.39 is 158 Å². The molecule has 6 aromatic rings. The summed E-state index contributed by atoms with van der Waals surface area (Å²) in [6, 6.07) is 36.6. The topological polar surface area (TPSA) is 444 Å². The first kappa shape index (κ1) is 105. The van der Waals surface area contributed by atoms with Crippen LogP contribution in [0.5, 0.6) is 17.2 Å². The van der Waals surface area contributed by atoms with E-state index >= 15 is 0 Å². The largest absolute Gasteiger partial charge is 0.465 e. The smallest absolute Gasteiger partial charge is 0.397 e. The molecule has 3 heterocycles. The van der Waals surface area contributed by atoms with Crippen LogP contribution in [0.3, 0.4) is 0 Å². The number of nitrogens with zero attached hydrogens (tertiary/aromatic N) is 3. The first-order valence-corrected chi connectivity index (χ1v) is 49.6. The third-order valence-electron chi connectivity index (χ3n) is 24.5. The zero-order valence-electron chi connectivity index (χ0n) is 84.6. The number of Topliss-reactive ketones (excluding diaryl/α,β-unsaturated/α-hetero) is 6. The zero-order valence-corrected chi connectivity index (χ0v) is 80.4. The second-order valence-corrected chi connectivity index (χ2v) is 36.4. The quantitative estimate of drug-likeness (QED) is 0.00972. The molecule has 0 spiro atoms. The number of ether oxygens (including phenoxy) is 6. The Labute approximate surface area is 809 Å². The van der Waals surface area contributed by atoms with Gasteiger partial charge in [-0.25, -0.2) is 4.18 Å². The molecule has 0 aliphatic carbocycles. The number of carbonyl (C=O) groups excluding carboxylic acids is 9. The summed E-state index contributed by atoms with van der Waals surface area (Å²) >= 11 is 0. The van der Waals surface area contributed by atoms with Crippen LogP contribution in [0.15, 0.2) is 164 Å². The highest BCUT2D eigenvalue weighted by molar-refractivity contribution is 7.80. The first-order chi connectivity index (χ1) is 67.4. The second kappa shape index (κ2) is 61.8. The van der Waals surface area contributed by atoms with Crippen molar-refractivity contribution < 1.29 is 136 Å². The molecule has 750 valence electrons. The van der Waals surface area contributed by atoms with E-state index in [1.807, 2.05) is 79.4 Å². The minimum atomic E-state index is -4.90. The number of rotatable bonds is 59. The van der Waals surface area contributed by atoms with Gasteiger partial charge in [0.15, 0.2) is 17.3 Å². The van der Waals surface area contributed by atoms with E-state index in [2.05, 4.69) is 11.1 Å². The highest BCUT2D eigenvalue weighted by Crippen LogP contribution is 2.34. The molecule has 3 amide bonds. The van der Waals surface area contributed by atoms with Crippen LogP contribution in [0.25, 0.3) is 0 Å². The molecular weight excluding hydrogens is 1770 g/mol. The van der Waals surface area contributed by atoms with E-state index in [0.717, 1.165) is 124 Å². The molecule has 0 radical (unpaired) electrons. The average molecular weight is 1920 g/mol. The van der Waals surface area contributed by atoms with Gasteiger partial charge in [-0.05, 0) is 111 Å². The lowest BCUT2D eigenvalue weighted by atomic mass is 9.92. The molecule has 9 N–H and O–H groups in total. The van der Waals surface area contributed by atoms with Crippen molar-refractivity contribution in [3.63, 3.8) is 0 Å². The summed E-state index contributed by atoms with van der Waals surface area (Å²) in [5.74, 6) is -0.620. The Hall–Kier alpha value is -9.42. The number of carbonyl (C=O) groups is 9. The van der Waals surface area contributed by atoms with Crippen molar-refractivity contribution in [3.8, 4) is 17.2 Å². The van der Waals surface area contributed by atoms with Crippen molar-refractivity contribution in [2.75, 3.05) is 59.1 Å². The molecule has 31 heteroatoms. The van der Waals surface area contributed by atoms with Gasteiger partial charge in [-0.2, -0.15) is 8.42 Å². The maximum atomic E-state index is 12.9. The predicted molar refractivity (Wildman–Crippen MR) is 512 cm³/mol. The highest BCUT2D eigenvalue weighted by Gasteiger charge is 2.48. The fraction of sp³-hybridized carbons (Fsp3) is 0.571. The molecule has 0 aromatic heterocycles. The van der Waals surface area contributed by atoms with E-state index in [1.54, 1.807) is 103 Å². The van der Waals surface area contributed by atoms with Crippen LogP contribution in [0, 0.1) is 17.8 Å². The van der Waals surface area contributed by atoms with E-state index in [-0.39, 0.29) is 97.1 Å². The van der Waals surface area contributed by atoms with Crippen molar-refractivity contribution in [2.45, 2.75) is 308 Å². The molecule has 3 fully saturated rings. The Bertz CT molecular complexity index is 4920. The van der Waals surface area contributed by atoms with Gasteiger partial charge < -0.3 is 84.0 Å². The van der Waals surface area contributed by atoms with Crippen LogP contribution in [-0.4, -0.2) is 254 Å². The van der Waals surface area contributed by atoms with E-state index in [9.17, 15) is 92.4 Å². The number of ketones is 6. The molecule has 3 aliphatic heterocycles. The third-order valence-corrected chi connectivity index (χ3v) is 25.0. The summed E-state index contributed by atoms with van der Waals surface area (Å²) in [5, 5.41) is 79.6. The molecule has 30 nitrogen and oxygen atoms in total. The fourth-order valence-corrected chi connectivity index (χ4v) is 16.4. The van der Waals surface area contributed by atoms with Crippen molar-refractivity contribution in [1.82, 2.24) is 14.7 Å². The van der Waals surface area contributed by atoms with Gasteiger partial charge in [-0.15, -0.1) is 0 Å². The number of unbranched alkanes of at least 4 members (excludes halogenated alkanes) is 12. The molecule has 15 unspecified atom stereocenters. The van der Waals surface area contributed by atoms with E-state index in [4.69, 9.17) is 39.8 Å². The lowest BCUT2D eigenvalue weighted by Gasteiger charge is -2.41. The van der Waals surface area contributed by atoms with Crippen molar-refractivity contribution in [3.05, 3.63) is 197 Å². The third kappa shape index (κ3) is 40.2. The minimum absolute atomic E-state index is 0.00671. The number of hydrogen-bond donors (Lipinski definition) is 9. The second-order valence-electron chi connectivity index (χ2n) is 35.3. The predicted octanol–water partition coefficient (Wildman–Crippen LogP) is 13.3. The molecule has 0 bridgehead atoms. The summed E-state index contributed by atoms with van der Waals surface area (Å²) in [6.45, 7) is 12.1. The molecule has 9 rings (SSSR count). The Kier molecular flexibility index (Phi) is 47.9. The van der Waals surface area contributed by atoms with Crippen LogP contribution in [0.2, 0.25) is 0 Å². The Morgan fingerprint density at radius 3 is 0.941 bits per heavy atom. The van der Waals surface area contributed by atoms with Gasteiger partial charge >= 0.3 is 10.4 Å². The highest BCUT2D eigenvalue weighted by atomic mass is 32.3. The van der Waals surface area contributed by atoms with Crippen molar-refractivity contribution in [2.24, 2.45) is 17.8 Å². The average Bonchev–Trinajstić information content (AvgIpc) is 0.746. The summed E-state index contributed by atoms with van der Waals surface area (Å²) in [7, 11) is -4.90. The van der Waals surface area contributed by atoms with Crippen LogP contribution in [0.4, 0.5) is 0 Å². The molecule has 6 aromatic carbocycles. The first-order valence-electron chi connectivity index (χ1n) is 50.7. The van der Waals surface area contributed by atoms with Crippen molar-refractivity contribution in [1.29, 1.82) is 0 Å². The number of amides is 3. The minimum Gasteiger partial charge on any atom is -0.465 e. The monoisotopic (exact) mass is 1920 g/mol. The fourth-order valence-electron chi connectivity index (χ4n) is 15.9.